The first-order chi connectivity index (χ1) is 5.33. The number of nitrogens with two attached hydrogens (primary N) is 1. The minimum absolute atomic E-state index is 0.499. The van der Waals surface area contributed by atoms with Crippen molar-refractivity contribution in [2.75, 3.05) is 17.6 Å². The Morgan fingerprint density at radius 1 is 1.64 bits per heavy atom. The van der Waals surface area contributed by atoms with Gasteiger partial charge >= 0.3 is 0 Å². The van der Waals surface area contributed by atoms with Crippen LogP contribution in [0.2, 0.25) is 0 Å². The lowest BCUT2D eigenvalue weighted by Crippen LogP contribution is -2.04. The summed E-state index contributed by atoms with van der Waals surface area (Å²) in [6.45, 7) is 2.96. The third kappa shape index (κ3) is 2.41. The van der Waals surface area contributed by atoms with E-state index in [4.69, 9.17) is 5.73 Å². The van der Waals surface area contributed by atoms with E-state index < -0.39 is 0 Å². The highest BCUT2D eigenvalue weighted by atomic mass is 15.1. The van der Waals surface area contributed by atoms with Gasteiger partial charge in [0.2, 0.25) is 5.95 Å². The van der Waals surface area contributed by atoms with E-state index in [1.54, 1.807) is 12.3 Å². The summed E-state index contributed by atoms with van der Waals surface area (Å²) < 4.78 is 0. The second-order valence-corrected chi connectivity index (χ2v) is 2.23. The summed E-state index contributed by atoms with van der Waals surface area (Å²) in [7, 11) is 0. The summed E-state index contributed by atoms with van der Waals surface area (Å²) in [5.74, 6) is 1.10. The second kappa shape index (κ2) is 3.75. The first-order valence-electron chi connectivity index (χ1n) is 3.65. The van der Waals surface area contributed by atoms with Crippen LogP contribution >= 0.6 is 0 Å². The van der Waals surface area contributed by atoms with E-state index in [1.165, 1.54) is 0 Å². The predicted molar refractivity (Wildman–Crippen MR) is 45.2 cm³/mol. The molecule has 0 aromatic carbocycles. The molecule has 60 valence electrons. The third-order valence-electron chi connectivity index (χ3n) is 1.21. The highest BCUT2D eigenvalue weighted by Gasteiger charge is 1.92. The molecular weight excluding hydrogens is 140 g/mol. The van der Waals surface area contributed by atoms with E-state index in [0.717, 1.165) is 13.0 Å². The number of nitrogens with one attached hydrogen (secondary N) is 1. The molecule has 1 aromatic rings. The van der Waals surface area contributed by atoms with Gasteiger partial charge in [0.15, 0.2) is 0 Å². The van der Waals surface area contributed by atoms with E-state index in [1.807, 2.05) is 0 Å². The molecule has 3 N–H and O–H groups in total. The molecule has 0 aliphatic rings. The molecule has 0 amide bonds. The molecule has 0 saturated carbocycles. The zero-order chi connectivity index (χ0) is 8.10. The Hall–Kier alpha value is -1.32. The van der Waals surface area contributed by atoms with Crippen LogP contribution in [-0.2, 0) is 0 Å². The molecule has 11 heavy (non-hydrogen) atoms. The molecule has 1 heterocycles. The lowest BCUT2D eigenvalue weighted by Gasteiger charge is -2.01. The fraction of sp³-hybridized carbons (Fsp3) is 0.429. The van der Waals surface area contributed by atoms with Gasteiger partial charge in [0.05, 0.1) is 0 Å². The number of hydrogen-bond donors (Lipinski definition) is 2. The molecule has 0 aliphatic carbocycles. The van der Waals surface area contributed by atoms with Crippen LogP contribution in [0.15, 0.2) is 12.3 Å². The molecule has 0 atom stereocenters. The van der Waals surface area contributed by atoms with E-state index in [0.29, 0.717) is 11.8 Å². The van der Waals surface area contributed by atoms with Crippen molar-refractivity contribution in [2.45, 2.75) is 13.3 Å². The maximum absolute atomic E-state index is 5.44. The molecule has 0 bridgehead atoms. The summed E-state index contributed by atoms with van der Waals surface area (Å²) in [4.78, 5) is 7.94. The van der Waals surface area contributed by atoms with E-state index in [-0.39, 0.29) is 0 Å². The van der Waals surface area contributed by atoms with Gasteiger partial charge in [-0.2, -0.15) is 4.98 Å². The predicted octanol–water partition coefficient (Wildman–Crippen LogP) is 0.881. The zero-order valence-corrected chi connectivity index (χ0v) is 6.54. The molecular formula is C7H12N4. The average Bonchev–Trinajstić information content (AvgIpc) is 2.01. The molecule has 0 saturated heterocycles. The molecule has 0 unspecified atom stereocenters. The smallest absolute Gasteiger partial charge is 0.224 e. The van der Waals surface area contributed by atoms with Crippen LogP contribution in [-0.4, -0.2) is 16.5 Å². The fourth-order valence-electron chi connectivity index (χ4n) is 0.695. The van der Waals surface area contributed by atoms with Crippen molar-refractivity contribution >= 4 is 11.8 Å². The lowest BCUT2D eigenvalue weighted by atomic mass is 10.5. The Kier molecular flexibility index (Phi) is 2.66. The van der Waals surface area contributed by atoms with E-state index >= 15 is 0 Å². The third-order valence-corrected chi connectivity index (χ3v) is 1.21. The van der Waals surface area contributed by atoms with Gasteiger partial charge in [-0.25, -0.2) is 4.98 Å². The van der Waals surface area contributed by atoms with Crippen LogP contribution in [0.3, 0.4) is 0 Å². The number of nitrogen functional groups attached to an aromatic ring is 1. The van der Waals surface area contributed by atoms with Gasteiger partial charge in [-0.15, -0.1) is 0 Å². The van der Waals surface area contributed by atoms with Gasteiger partial charge in [-0.05, 0) is 12.5 Å². The largest absolute Gasteiger partial charge is 0.384 e. The van der Waals surface area contributed by atoms with Crippen LogP contribution in [0.4, 0.5) is 11.8 Å². The average molecular weight is 152 g/mol. The topological polar surface area (TPSA) is 63.8 Å². The maximum atomic E-state index is 5.44. The molecule has 0 fully saturated rings. The van der Waals surface area contributed by atoms with Crippen molar-refractivity contribution in [2.24, 2.45) is 0 Å². The van der Waals surface area contributed by atoms with Crippen molar-refractivity contribution < 1.29 is 0 Å². The molecule has 0 radical (unpaired) electrons. The molecule has 1 aromatic heterocycles. The van der Waals surface area contributed by atoms with Gasteiger partial charge in [0.25, 0.3) is 0 Å². The molecule has 4 heteroatoms. The van der Waals surface area contributed by atoms with Crippen LogP contribution < -0.4 is 11.1 Å². The lowest BCUT2D eigenvalue weighted by molar-refractivity contribution is 0.953. The minimum Gasteiger partial charge on any atom is -0.384 e. The standard InChI is InChI=1S/C7H12N4/c1-2-4-9-7-10-5-3-6(8)11-7/h3,5H,2,4H2,1H3,(H3,8,9,10,11). The summed E-state index contributed by atoms with van der Waals surface area (Å²) in [6.07, 6.45) is 2.69. The summed E-state index contributed by atoms with van der Waals surface area (Å²) in [6, 6.07) is 1.66. The van der Waals surface area contributed by atoms with E-state index in [2.05, 4.69) is 22.2 Å². The van der Waals surface area contributed by atoms with Crippen LogP contribution in [0.5, 0.6) is 0 Å². The Balaban J connectivity index is 2.56. The SMILES string of the molecule is CCCNc1nccc(N)n1. The number of rotatable bonds is 3. The van der Waals surface area contributed by atoms with E-state index in [9.17, 15) is 0 Å². The Bertz CT molecular complexity index is 223. The van der Waals surface area contributed by atoms with Gasteiger partial charge in [-0.3, -0.25) is 0 Å². The highest BCUT2D eigenvalue weighted by Crippen LogP contribution is 2.00. The minimum atomic E-state index is 0.499. The molecule has 0 spiro atoms. The number of aromatic nitrogens is 2. The molecule has 4 nitrogen and oxygen atoms in total. The first-order valence-corrected chi connectivity index (χ1v) is 3.65. The Morgan fingerprint density at radius 3 is 3.09 bits per heavy atom. The number of nitrogens with zero attached hydrogens (tertiary/aromatic N) is 2. The van der Waals surface area contributed by atoms with Crippen molar-refractivity contribution in [3.8, 4) is 0 Å². The van der Waals surface area contributed by atoms with Crippen molar-refractivity contribution in [1.29, 1.82) is 0 Å². The van der Waals surface area contributed by atoms with Crippen molar-refractivity contribution in [3.63, 3.8) is 0 Å². The van der Waals surface area contributed by atoms with Crippen molar-refractivity contribution in [3.05, 3.63) is 12.3 Å². The van der Waals surface area contributed by atoms with Crippen LogP contribution in [0.1, 0.15) is 13.3 Å². The fourth-order valence-corrected chi connectivity index (χ4v) is 0.695. The summed E-state index contributed by atoms with van der Waals surface area (Å²) in [5, 5.41) is 3.03. The Morgan fingerprint density at radius 2 is 2.45 bits per heavy atom. The van der Waals surface area contributed by atoms with Gasteiger partial charge in [-0.1, -0.05) is 6.92 Å². The monoisotopic (exact) mass is 152 g/mol. The quantitative estimate of drug-likeness (QED) is 0.674. The van der Waals surface area contributed by atoms with Gasteiger partial charge in [0.1, 0.15) is 5.82 Å². The maximum Gasteiger partial charge on any atom is 0.224 e. The summed E-state index contributed by atoms with van der Waals surface area (Å²) >= 11 is 0. The van der Waals surface area contributed by atoms with Gasteiger partial charge < -0.3 is 11.1 Å². The van der Waals surface area contributed by atoms with Crippen LogP contribution in [0, 0.1) is 0 Å². The van der Waals surface area contributed by atoms with Crippen molar-refractivity contribution in [1.82, 2.24) is 9.97 Å². The van der Waals surface area contributed by atoms with Crippen LogP contribution in [0.25, 0.3) is 0 Å². The zero-order valence-electron chi connectivity index (χ0n) is 6.54. The summed E-state index contributed by atoms with van der Waals surface area (Å²) in [5.41, 5.74) is 5.44. The molecule has 1 rings (SSSR count). The van der Waals surface area contributed by atoms with Gasteiger partial charge in [0, 0.05) is 12.7 Å². The first kappa shape index (κ1) is 7.78. The second-order valence-electron chi connectivity index (χ2n) is 2.23. The molecule has 0 aliphatic heterocycles. The Labute approximate surface area is 65.9 Å². The number of anilines is 2. The normalized spacial score (nSPS) is 9.55. The number of hydrogen-bond acceptors (Lipinski definition) is 4. The highest BCUT2D eigenvalue weighted by molar-refractivity contribution is 5.34.